The van der Waals surface area contributed by atoms with Crippen LogP contribution in [0.2, 0.25) is 0 Å². The fourth-order valence-corrected chi connectivity index (χ4v) is 4.17. The van der Waals surface area contributed by atoms with E-state index >= 15 is 0 Å². The Bertz CT molecular complexity index is 1290. The highest BCUT2D eigenvalue weighted by molar-refractivity contribution is 5.85. The summed E-state index contributed by atoms with van der Waals surface area (Å²) in [5.41, 5.74) is -0.349. The molecule has 1 saturated heterocycles. The summed E-state index contributed by atoms with van der Waals surface area (Å²) in [6.07, 6.45) is -1.82. The lowest BCUT2D eigenvalue weighted by Gasteiger charge is -2.38. The topological polar surface area (TPSA) is 103 Å². The Balaban J connectivity index is 1.37. The van der Waals surface area contributed by atoms with Crippen molar-refractivity contribution in [3.8, 4) is 5.75 Å². The molecule has 8 nitrogen and oxygen atoms in total. The van der Waals surface area contributed by atoms with Crippen LogP contribution in [0.1, 0.15) is 24.0 Å². The molecule has 1 aliphatic rings. The van der Waals surface area contributed by atoms with Crippen molar-refractivity contribution in [1.82, 2.24) is 14.5 Å². The lowest BCUT2D eigenvalue weighted by atomic mass is 9.91. The van der Waals surface area contributed by atoms with Crippen LogP contribution in [0.3, 0.4) is 0 Å². The van der Waals surface area contributed by atoms with E-state index in [4.69, 9.17) is 5.41 Å². The second kappa shape index (κ2) is 10.7. The predicted molar refractivity (Wildman–Crippen MR) is 129 cm³/mol. The Labute approximate surface area is 209 Å². The number of aliphatic hydroxyl groups is 1. The van der Waals surface area contributed by atoms with Crippen LogP contribution in [0.15, 0.2) is 59.7 Å². The molecule has 0 atom stereocenters. The molecule has 3 N–H and O–H groups in total. The van der Waals surface area contributed by atoms with Crippen LogP contribution in [0.25, 0.3) is 0 Å². The molecule has 196 valence electrons. The highest BCUT2D eigenvalue weighted by Gasteiger charge is 2.34. The first kappa shape index (κ1) is 26.3. The van der Waals surface area contributed by atoms with Gasteiger partial charge in [-0.15, -0.1) is 13.2 Å². The average Bonchev–Trinajstić information content (AvgIpc) is 2.84. The Kier molecular flexibility index (Phi) is 7.60. The van der Waals surface area contributed by atoms with Crippen LogP contribution < -0.4 is 15.6 Å². The van der Waals surface area contributed by atoms with E-state index in [0.29, 0.717) is 38.2 Å². The molecule has 37 heavy (non-hydrogen) atoms. The zero-order valence-corrected chi connectivity index (χ0v) is 19.6. The molecule has 1 aliphatic heterocycles. The molecule has 0 amide bonds. The van der Waals surface area contributed by atoms with Crippen molar-refractivity contribution in [1.29, 1.82) is 5.41 Å². The fraction of sp³-hybridized carbons (Fsp3) is 0.320. The molecular weight excluding hydrogens is 494 g/mol. The van der Waals surface area contributed by atoms with Crippen LogP contribution in [0.5, 0.6) is 5.75 Å². The number of ether oxygens (including phenoxy) is 1. The number of halogens is 4. The summed E-state index contributed by atoms with van der Waals surface area (Å²) >= 11 is 0. The first-order valence-corrected chi connectivity index (χ1v) is 11.5. The van der Waals surface area contributed by atoms with Crippen LogP contribution >= 0.6 is 0 Å². The highest BCUT2D eigenvalue weighted by Crippen LogP contribution is 2.27. The second-order valence-electron chi connectivity index (χ2n) is 8.91. The third-order valence-corrected chi connectivity index (χ3v) is 6.14. The second-order valence-corrected chi connectivity index (χ2v) is 8.91. The standard InChI is InChI=1S/C25H25F4N5O3/c26-18-3-5-19(6-4-18)32-22-21(13-30)23(35)34(16-31-22)15-24(36)9-11-33(12-10-24)14-17-1-7-20(8-2-17)37-25(27,28)29/h1-8,13,16,30,32,36H,9-12,14-15H2. The maximum Gasteiger partial charge on any atom is 0.573 e. The number of likely N-dealkylation sites (tertiary alicyclic amines) is 1. The van der Waals surface area contributed by atoms with Crippen molar-refractivity contribution in [2.45, 2.75) is 37.9 Å². The molecule has 0 aliphatic carbocycles. The number of rotatable bonds is 8. The highest BCUT2D eigenvalue weighted by atomic mass is 19.4. The number of nitrogens with one attached hydrogen (secondary N) is 2. The molecule has 0 radical (unpaired) electrons. The third-order valence-electron chi connectivity index (χ3n) is 6.14. The van der Waals surface area contributed by atoms with Crippen LogP contribution in [0, 0.1) is 11.2 Å². The molecule has 0 unspecified atom stereocenters. The Morgan fingerprint density at radius 3 is 2.35 bits per heavy atom. The molecule has 2 aromatic carbocycles. The van der Waals surface area contributed by atoms with Gasteiger partial charge in [0.1, 0.15) is 22.9 Å². The Hall–Kier alpha value is -3.77. The number of piperidine rings is 1. The number of hydrogen-bond donors (Lipinski definition) is 3. The van der Waals surface area contributed by atoms with Crippen LogP contribution in [-0.2, 0) is 13.1 Å². The molecule has 2 heterocycles. The van der Waals surface area contributed by atoms with Crippen LogP contribution in [0.4, 0.5) is 29.1 Å². The van der Waals surface area contributed by atoms with Gasteiger partial charge in [-0.05, 0) is 54.8 Å². The molecule has 1 aromatic heterocycles. The minimum absolute atomic E-state index is 0.00538. The summed E-state index contributed by atoms with van der Waals surface area (Å²) < 4.78 is 55.3. The van der Waals surface area contributed by atoms with Crippen LogP contribution in [-0.4, -0.2) is 50.8 Å². The predicted octanol–water partition coefficient (Wildman–Crippen LogP) is 4.05. The van der Waals surface area contributed by atoms with E-state index in [1.165, 1.54) is 47.3 Å². The molecule has 0 bridgehead atoms. The van der Waals surface area contributed by atoms with Crippen molar-refractivity contribution < 1.29 is 27.4 Å². The lowest BCUT2D eigenvalue weighted by Crippen LogP contribution is -2.48. The van der Waals surface area contributed by atoms with Gasteiger partial charge < -0.3 is 20.6 Å². The molecule has 0 saturated carbocycles. The molecule has 4 rings (SSSR count). The van der Waals surface area contributed by atoms with Crippen molar-refractivity contribution in [3.05, 3.63) is 82.2 Å². The van der Waals surface area contributed by atoms with Gasteiger partial charge >= 0.3 is 6.36 Å². The van der Waals surface area contributed by atoms with Crippen molar-refractivity contribution in [2.24, 2.45) is 0 Å². The summed E-state index contributed by atoms with van der Waals surface area (Å²) in [7, 11) is 0. The molecular formula is C25H25F4N5O3. The molecule has 0 spiro atoms. The lowest BCUT2D eigenvalue weighted by molar-refractivity contribution is -0.274. The number of nitrogens with zero attached hydrogens (tertiary/aromatic N) is 3. The van der Waals surface area contributed by atoms with Gasteiger partial charge in [0, 0.05) is 31.5 Å². The Morgan fingerprint density at radius 1 is 1.11 bits per heavy atom. The zero-order valence-electron chi connectivity index (χ0n) is 19.6. The number of hydrogen-bond acceptors (Lipinski definition) is 7. The number of anilines is 2. The summed E-state index contributed by atoms with van der Waals surface area (Å²) in [4.78, 5) is 19.3. The van der Waals surface area contributed by atoms with Gasteiger partial charge in [0.05, 0.1) is 18.5 Å². The summed E-state index contributed by atoms with van der Waals surface area (Å²) in [6, 6.07) is 11.1. The minimum atomic E-state index is -4.74. The maximum atomic E-state index is 13.1. The smallest absolute Gasteiger partial charge is 0.406 e. The van der Waals surface area contributed by atoms with E-state index in [0.717, 1.165) is 11.8 Å². The van der Waals surface area contributed by atoms with Gasteiger partial charge in [-0.3, -0.25) is 14.3 Å². The third kappa shape index (κ3) is 6.92. The van der Waals surface area contributed by atoms with Gasteiger partial charge in [-0.25, -0.2) is 9.37 Å². The normalized spacial score (nSPS) is 15.8. The van der Waals surface area contributed by atoms with Crippen molar-refractivity contribution >= 4 is 17.7 Å². The van der Waals surface area contributed by atoms with E-state index in [1.807, 2.05) is 0 Å². The first-order chi connectivity index (χ1) is 17.5. The summed E-state index contributed by atoms with van der Waals surface area (Å²) in [6.45, 7) is 1.52. The van der Waals surface area contributed by atoms with E-state index in [2.05, 4.69) is 19.9 Å². The fourth-order valence-electron chi connectivity index (χ4n) is 4.17. The van der Waals surface area contributed by atoms with Gasteiger partial charge in [0.15, 0.2) is 0 Å². The minimum Gasteiger partial charge on any atom is -0.406 e. The molecule has 3 aromatic rings. The first-order valence-electron chi connectivity index (χ1n) is 11.5. The monoisotopic (exact) mass is 519 g/mol. The summed E-state index contributed by atoms with van der Waals surface area (Å²) in [5, 5.41) is 21.7. The zero-order chi connectivity index (χ0) is 26.6. The van der Waals surface area contributed by atoms with Gasteiger partial charge in [0.2, 0.25) is 0 Å². The Morgan fingerprint density at radius 2 is 1.76 bits per heavy atom. The van der Waals surface area contributed by atoms with Gasteiger partial charge in [-0.1, -0.05) is 12.1 Å². The average molecular weight is 519 g/mol. The number of aromatic nitrogens is 2. The summed E-state index contributed by atoms with van der Waals surface area (Å²) in [5.74, 6) is -0.545. The van der Waals surface area contributed by atoms with Gasteiger partial charge in [-0.2, -0.15) is 0 Å². The van der Waals surface area contributed by atoms with E-state index < -0.39 is 23.3 Å². The number of alkyl halides is 3. The maximum absolute atomic E-state index is 13.1. The van der Waals surface area contributed by atoms with Crippen molar-refractivity contribution in [3.63, 3.8) is 0 Å². The quantitative estimate of drug-likeness (QED) is 0.307. The van der Waals surface area contributed by atoms with E-state index in [9.17, 15) is 27.5 Å². The number of benzene rings is 2. The largest absolute Gasteiger partial charge is 0.573 e. The van der Waals surface area contributed by atoms with Crippen molar-refractivity contribution in [2.75, 3.05) is 18.4 Å². The van der Waals surface area contributed by atoms with Gasteiger partial charge in [0.25, 0.3) is 5.56 Å². The molecule has 12 heteroatoms. The molecule has 1 fully saturated rings. The van der Waals surface area contributed by atoms with E-state index in [-0.39, 0.29) is 23.7 Å². The SMILES string of the molecule is N=Cc1c(Nc2ccc(F)cc2)ncn(CC2(O)CCN(Cc3ccc(OC(F)(F)F)cc3)CC2)c1=O. The van der Waals surface area contributed by atoms with E-state index in [1.54, 1.807) is 12.1 Å².